The van der Waals surface area contributed by atoms with E-state index in [-0.39, 0.29) is 11.3 Å². The Morgan fingerprint density at radius 1 is 1.07 bits per heavy atom. The van der Waals surface area contributed by atoms with E-state index in [4.69, 9.17) is 26.6 Å². The molecule has 43 heavy (non-hydrogen) atoms. The van der Waals surface area contributed by atoms with Crippen LogP contribution in [0.15, 0.2) is 54.7 Å². The second-order valence-corrected chi connectivity index (χ2v) is 13.1. The number of aromatic nitrogens is 6. The number of alkyl halides is 3. The molecule has 2 aliphatic rings. The fourth-order valence-corrected chi connectivity index (χ4v) is 7.21. The number of benzene rings is 1. The zero-order valence-corrected chi connectivity index (χ0v) is 24.2. The van der Waals surface area contributed by atoms with Crippen molar-refractivity contribution < 1.29 is 31.5 Å². The van der Waals surface area contributed by atoms with Gasteiger partial charge in [-0.3, -0.25) is 9.08 Å². The number of fused-ring (bicyclic) bond motifs is 3. The highest BCUT2D eigenvalue weighted by Crippen LogP contribution is 2.36. The van der Waals surface area contributed by atoms with E-state index in [1.165, 1.54) is 0 Å². The van der Waals surface area contributed by atoms with E-state index < -0.39 is 22.2 Å². The Morgan fingerprint density at radius 2 is 1.79 bits per heavy atom. The summed E-state index contributed by atoms with van der Waals surface area (Å²) in [6.45, 7) is 3.52. The Kier molecular flexibility index (Phi) is 7.21. The fraction of sp³-hybridized carbons (Fsp3) is 0.333. The standard InChI is InChI=1S/C25H24ClN7O2S.C2HF3O2/c1-16-27-28-25-8-7-22-24(33(16)25)12-23(31(22)13-17-3-2-4-18(26)11-17)21-9-10-32(29-21)19-14-30(15-19)36(34,35)20-5-6-20;3-2(4,5)1(6)7/h2-4,7-12,19-20H,5-6,13-15H2,1H3;(H,6,7). The van der Waals surface area contributed by atoms with E-state index in [1.54, 1.807) is 4.31 Å². The van der Waals surface area contributed by atoms with Crippen LogP contribution in [0.3, 0.4) is 0 Å². The van der Waals surface area contributed by atoms with Gasteiger partial charge >= 0.3 is 12.1 Å². The zero-order chi connectivity index (χ0) is 30.7. The molecule has 4 aromatic heterocycles. The molecule has 0 bridgehead atoms. The van der Waals surface area contributed by atoms with Gasteiger partial charge in [-0.05, 0) is 61.7 Å². The summed E-state index contributed by atoms with van der Waals surface area (Å²) in [4.78, 5) is 8.90. The summed E-state index contributed by atoms with van der Waals surface area (Å²) in [6.07, 6.45) is -1.57. The number of rotatable bonds is 6. The molecule has 7 rings (SSSR count). The molecule has 1 saturated heterocycles. The molecule has 1 aliphatic carbocycles. The molecule has 5 aromatic rings. The number of carbonyl (C=O) groups is 1. The first-order valence-electron chi connectivity index (χ1n) is 13.3. The van der Waals surface area contributed by atoms with Gasteiger partial charge in [0.25, 0.3) is 0 Å². The Labute approximate surface area is 248 Å². The Hall–Kier alpha value is -3.95. The second-order valence-electron chi connectivity index (χ2n) is 10.5. The molecule has 0 radical (unpaired) electrons. The number of aryl methyl sites for hydroxylation is 1. The third-order valence-corrected chi connectivity index (χ3v) is 10.0. The van der Waals surface area contributed by atoms with E-state index in [0.29, 0.717) is 24.7 Å². The molecule has 5 heterocycles. The number of nitrogens with zero attached hydrogens (tertiary/aromatic N) is 7. The maximum absolute atomic E-state index is 12.5. The summed E-state index contributed by atoms with van der Waals surface area (Å²) in [5, 5.41) is 21.1. The number of aliphatic carboxylic acids is 1. The van der Waals surface area contributed by atoms with Crippen LogP contribution in [0.25, 0.3) is 28.1 Å². The highest BCUT2D eigenvalue weighted by molar-refractivity contribution is 7.90. The Bertz CT molecular complexity index is 1960. The van der Waals surface area contributed by atoms with Crippen LogP contribution in [-0.2, 0) is 21.4 Å². The van der Waals surface area contributed by atoms with Gasteiger partial charge in [-0.25, -0.2) is 13.2 Å². The molecule has 0 unspecified atom stereocenters. The minimum absolute atomic E-state index is 0.0461. The van der Waals surface area contributed by atoms with E-state index >= 15 is 0 Å². The molecule has 0 atom stereocenters. The minimum atomic E-state index is -5.08. The van der Waals surface area contributed by atoms with E-state index in [2.05, 4.69) is 37.4 Å². The average Bonchev–Trinajstić information content (AvgIpc) is 3.42. The number of hydrogen-bond donors (Lipinski definition) is 1. The molecule has 1 aliphatic heterocycles. The first kappa shape index (κ1) is 29.1. The van der Waals surface area contributed by atoms with Gasteiger partial charge in [-0.15, -0.1) is 10.2 Å². The summed E-state index contributed by atoms with van der Waals surface area (Å²) in [6, 6.07) is 16.1. The van der Waals surface area contributed by atoms with Gasteiger partial charge in [0.1, 0.15) is 11.5 Å². The SMILES string of the molecule is Cc1nnc2ccc3c(cc(-c4ccn(C5CN(S(=O)(=O)C6CC6)C5)n4)n3Cc3cccc(Cl)c3)n12.O=C(O)C(F)(F)F. The lowest BCUT2D eigenvalue weighted by Crippen LogP contribution is -2.51. The number of sulfonamides is 1. The molecule has 1 N–H and O–H groups in total. The number of halogens is 4. The lowest BCUT2D eigenvalue weighted by Gasteiger charge is -2.38. The lowest BCUT2D eigenvalue weighted by atomic mass is 10.2. The normalized spacial score (nSPS) is 16.3. The number of hydrogen-bond acceptors (Lipinski definition) is 6. The number of carboxylic acids is 1. The fourth-order valence-electron chi connectivity index (χ4n) is 5.09. The summed E-state index contributed by atoms with van der Waals surface area (Å²) < 4.78 is 64.5. The molecule has 11 nitrogen and oxygen atoms in total. The molecule has 1 saturated carbocycles. The van der Waals surface area contributed by atoms with Crippen molar-refractivity contribution >= 4 is 44.3 Å². The van der Waals surface area contributed by atoms with Crippen LogP contribution in [0, 0.1) is 6.92 Å². The van der Waals surface area contributed by atoms with Crippen molar-refractivity contribution in [2.24, 2.45) is 0 Å². The van der Waals surface area contributed by atoms with Crippen molar-refractivity contribution in [1.82, 2.24) is 33.3 Å². The minimum Gasteiger partial charge on any atom is -0.475 e. The van der Waals surface area contributed by atoms with Crippen molar-refractivity contribution in [3.05, 3.63) is 71.1 Å². The van der Waals surface area contributed by atoms with E-state index in [9.17, 15) is 21.6 Å². The largest absolute Gasteiger partial charge is 0.490 e. The molecule has 16 heteroatoms. The van der Waals surface area contributed by atoms with Crippen LogP contribution >= 0.6 is 11.6 Å². The second kappa shape index (κ2) is 10.6. The summed E-state index contributed by atoms with van der Waals surface area (Å²) in [5.74, 6) is -1.94. The predicted octanol–water partition coefficient (Wildman–Crippen LogP) is 4.54. The molecule has 0 amide bonds. The van der Waals surface area contributed by atoms with Crippen LogP contribution in [0.4, 0.5) is 13.2 Å². The average molecular weight is 636 g/mol. The third kappa shape index (κ3) is 5.59. The summed E-state index contributed by atoms with van der Waals surface area (Å²) in [5.41, 5.74) is 5.72. The maximum atomic E-state index is 12.5. The van der Waals surface area contributed by atoms with Gasteiger partial charge in [0, 0.05) is 30.9 Å². The summed E-state index contributed by atoms with van der Waals surface area (Å²) in [7, 11) is -3.13. The van der Waals surface area contributed by atoms with Gasteiger partial charge in [0.05, 0.1) is 28.0 Å². The quantitative estimate of drug-likeness (QED) is 0.290. The zero-order valence-electron chi connectivity index (χ0n) is 22.6. The van der Waals surface area contributed by atoms with E-state index in [1.807, 2.05) is 48.1 Å². The topological polar surface area (TPSA) is 128 Å². The first-order chi connectivity index (χ1) is 20.3. The lowest BCUT2D eigenvalue weighted by molar-refractivity contribution is -0.192. The van der Waals surface area contributed by atoms with Crippen LogP contribution < -0.4 is 0 Å². The monoisotopic (exact) mass is 635 g/mol. The number of carboxylic acid groups (broad SMARTS) is 1. The molecule has 2 fully saturated rings. The smallest absolute Gasteiger partial charge is 0.475 e. The molecule has 1 aromatic carbocycles. The van der Waals surface area contributed by atoms with Crippen LogP contribution in [0.1, 0.15) is 30.3 Å². The van der Waals surface area contributed by atoms with Crippen molar-refractivity contribution in [3.8, 4) is 11.4 Å². The Morgan fingerprint density at radius 3 is 2.44 bits per heavy atom. The highest BCUT2D eigenvalue weighted by atomic mass is 35.5. The van der Waals surface area contributed by atoms with Gasteiger partial charge < -0.3 is 9.67 Å². The molecule has 226 valence electrons. The van der Waals surface area contributed by atoms with E-state index in [0.717, 1.165) is 52.3 Å². The van der Waals surface area contributed by atoms with Crippen LogP contribution in [0.5, 0.6) is 0 Å². The van der Waals surface area contributed by atoms with Gasteiger partial charge in [0.15, 0.2) is 5.65 Å². The predicted molar refractivity (Wildman–Crippen MR) is 151 cm³/mol. The summed E-state index contributed by atoms with van der Waals surface area (Å²) >= 11 is 6.28. The maximum Gasteiger partial charge on any atom is 0.490 e. The molecular weight excluding hydrogens is 611 g/mol. The first-order valence-corrected chi connectivity index (χ1v) is 15.1. The highest BCUT2D eigenvalue weighted by Gasteiger charge is 2.45. The van der Waals surface area contributed by atoms with Crippen molar-refractivity contribution in [2.45, 2.75) is 43.8 Å². The van der Waals surface area contributed by atoms with Gasteiger partial charge in [-0.1, -0.05) is 23.7 Å². The number of pyridine rings is 1. The molecule has 0 spiro atoms. The third-order valence-electron chi connectivity index (χ3n) is 7.45. The molecular formula is C27H25ClF3N7O4S. The van der Waals surface area contributed by atoms with Crippen LogP contribution in [-0.4, -0.2) is 77.3 Å². The van der Waals surface area contributed by atoms with Crippen molar-refractivity contribution in [1.29, 1.82) is 0 Å². The Balaban J connectivity index is 0.000000423. The van der Waals surface area contributed by atoms with Crippen molar-refractivity contribution in [2.75, 3.05) is 13.1 Å². The van der Waals surface area contributed by atoms with Gasteiger partial charge in [-0.2, -0.15) is 22.6 Å². The van der Waals surface area contributed by atoms with Crippen molar-refractivity contribution in [3.63, 3.8) is 0 Å². The van der Waals surface area contributed by atoms with Crippen LogP contribution in [0.2, 0.25) is 5.02 Å². The van der Waals surface area contributed by atoms with Gasteiger partial charge in [0.2, 0.25) is 10.0 Å².